The number of fused-ring (bicyclic) bond motifs is 3. The third-order valence-electron chi connectivity index (χ3n) is 10.6. The second kappa shape index (κ2) is 14.3. The average molecular weight is 736 g/mol. The molecule has 0 atom stereocenters. The van der Waals surface area contributed by atoms with Gasteiger partial charge in [-0.1, -0.05) is 158 Å². The third kappa shape index (κ3) is 6.25. The number of nitrogens with zero attached hydrogens (tertiary/aromatic N) is 3. The van der Waals surface area contributed by atoms with Crippen molar-refractivity contribution in [3.8, 4) is 73.3 Å². The normalized spacial score (nSPS) is 12.6. The van der Waals surface area contributed by atoms with Crippen molar-refractivity contribution >= 4 is 0 Å². The van der Waals surface area contributed by atoms with Gasteiger partial charge >= 0.3 is 0 Å². The highest BCUT2D eigenvalue weighted by atomic mass is 19.1. The van der Waals surface area contributed by atoms with Gasteiger partial charge in [-0.2, -0.15) is 0 Å². The molecule has 9 aromatic rings. The van der Waals surface area contributed by atoms with Crippen LogP contribution >= 0.6 is 0 Å². The monoisotopic (exact) mass is 735 g/mol. The Labute approximate surface area is 330 Å². The first-order valence-electron chi connectivity index (χ1n) is 19.0. The summed E-state index contributed by atoms with van der Waals surface area (Å²) in [5.74, 6) is 1.89. The van der Waals surface area contributed by atoms with Crippen LogP contribution in [0.15, 0.2) is 206 Å². The predicted molar refractivity (Wildman–Crippen MR) is 226 cm³/mol. The first-order valence-corrected chi connectivity index (χ1v) is 19.0. The van der Waals surface area contributed by atoms with Gasteiger partial charge < -0.3 is 4.74 Å². The molecule has 8 aromatic carbocycles. The summed E-state index contributed by atoms with van der Waals surface area (Å²) < 4.78 is 22.6. The minimum Gasteiger partial charge on any atom is -0.472 e. The van der Waals surface area contributed by atoms with Gasteiger partial charge in [-0.05, 0) is 76.3 Å². The van der Waals surface area contributed by atoms with Crippen LogP contribution in [-0.2, 0) is 5.60 Å². The summed E-state index contributed by atoms with van der Waals surface area (Å²) in [6, 6.07) is 68.3. The Morgan fingerprint density at radius 1 is 0.351 bits per heavy atom. The molecular formula is C52H34FN3O. The number of rotatable bonds is 7. The molecule has 0 spiro atoms. The molecule has 270 valence electrons. The van der Waals surface area contributed by atoms with Gasteiger partial charge in [0.1, 0.15) is 11.6 Å². The summed E-state index contributed by atoms with van der Waals surface area (Å²) in [5, 5.41) is 0. The van der Waals surface area contributed by atoms with Gasteiger partial charge in [0, 0.05) is 38.9 Å². The lowest BCUT2D eigenvalue weighted by molar-refractivity contribution is 0.152. The first kappa shape index (κ1) is 34.0. The quantitative estimate of drug-likeness (QED) is 0.164. The van der Waals surface area contributed by atoms with E-state index in [2.05, 4.69) is 66.7 Å². The Kier molecular flexibility index (Phi) is 8.53. The maximum absolute atomic E-state index is 15.4. The number of halogens is 1. The fourth-order valence-corrected chi connectivity index (χ4v) is 7.88. The van der Waals surface area contributed by atoms with Crippen LogP contribution in [0.25, 0.3) is 67.5 Å². The molecule has 0 bridgehead atoms. The van der Waals surface area contributed by atoms with E-state index in [1.54, 1.807) is 6.07 Å². The zero-order chi connectivity index (χ0) is 38.2. The minimum atomic E-state index is -1.01. The third-order valence-corrected chi connectivity index (χ3v) is 10.6. The molecule has 0 fully saturated rings. The van der Waals surface area contributed by atoms with Crippen molar-refractivity contribution in [3.63, 3.8) is 0 Å². The largest absolute Gasteiger partial charge is 0.472 e. The van der Waals surface area contributed by atoms with Crippen molar-refractivity contribution in [2.75, 3.05) is 0 Å². The summed E-state index contributed by atoms with van der Waals surface area (Å²) in [6.45, 7) is 0. The molecule has 1 aliphatic heterocycles. The van der Waals surface area contributed by atoms with Crippen LogP contribution in [0.2, 0.25) is 0 Å². The van der Waals surface area contributed by atoms with Crippen molar-refractivity contribution in [1.82, 2.24) is 15.0 Å². The SMILES string of the molecule is Fc1ccc2c(c1)-c1cc(-c3nc(-c4ccccc4)nc(-c4cc(-c5ccccc5)cc(-c5ccccc5)c4)n3)ccc1OC2(c1ccccc1)c1ccccc1. The lowest BCUT2D eigenvalue weighted by Gasteiger charge is -2.41. The van der Waals surface area contributed by atoms with Crippen molar-refractivity contribution in [3.05, 3.63) is 229 Å². The van der Waals surface area contributed by atoms with Gasteiger partial charge in [0.25, 0.3) is 0 Å². The van der Waals surface area contributed by atoms with Crippen LogP contribution < -0.4 is 4.74 Å². The van der Waals surface area contributed by atoms with E-state index in [0.717, 1.165) is 66.8 Å². The second-order valence-corrected chi connectivity index (χ2v) is 14.1. The fourth-order valence-electron chi connectivity index (χ4n) is 7.88. The van der Waals surface area contributed by atoms with Crippen molar-refractivity contribution < 1.29 is 9.13 Å². The number of aromatic nitrogens is 3. The van der Waals surface area contributed by atoms with E-state index >= 15 is 4.39 Å². The van der Waals surface area contributed by atoms with Gasteiger partial charge in [0.05, 0.1) is 0 Å². The van der Waals surface area contributed by atoms with Crippen molar-refractivity contribution in [2.24, 2.45) is 0 Å². The molecule has 0 saturated heterocycles. The molecule has 0 N–H and O–H groups in total. The van der Waals surface area contributed by atoms with Crippen LogP contribution in [0.4, 0.5) is 4.39 Å². The van der Waals surface area contributed by atoms with Crippen molar-refractivity contribution in [1.29, 1.82) is 0 Å². The van der Waals surface area contributed by atoms with E-state index in [-0.39, 0.29) is 5.82 Å². The highest BCUT2D eigenvalue weighted by Gasteiger charge is 2.44. The molecule has 57 heavy (non-hydrogen) atoms. The topological polar surface area (TPSA) is 47.9 Å². The van der Waals surface area contributed by atoms with Gasteiger partial charge in [-0.25, -0.2) is 19.3 Å². The standard InChI is InChI=1S/C52H34FN3O/c53-44-27-28-47-45(34-44)46-33-38(26-29-48(46)57-52(47,42-22-12-4-13-23-42)43-24-14-5-15-25-43)50-54-49(37-20-10-3-11-21-37)55-51(56-50)41-31-39(35-16-6-1-7-17-35)30-40(32-41)36-18-8-2-9-19-36/h1-34H. The van der Waals surface area contributed by atoms with E-state index in [1.165, 1.54) is 6.07 Å². The van der Waals surface area contributed by atoms with E-state index in [9.17, 15) is 0 Å². The summed E-state index contributed by atoms with van der Waals surface area (Å²) in [4.78, 5) is 15.3. The van der Waals surface area contributed by atoms with Crippen LogP contribution in [0.1, 0.15) is 16.7 Å². The average Bonchev–Trinajstić information content (AvgIpc) is 3.29. The lowest BCUT2D eigenvalue weighted by atomic mass is 9.75. The molecule has 0 saturated carbocycles. The molecule has 2 heterocycles. The molecule has 0 radical (unpaired) electrons. The van der Waals surface area contributed by atoms with Crippen LogP contribution in [-0.4, -0.2) is 15.0 Å². The molecule has 0 aliphatic carbocycles. The summed E-state index contributed by atoms with van der Waals surface area (Å²) in [6.07, 6.45) is 0. The second-order valence-electron chi connectivity index (χ2n) is 14.1. The number of hydrogen-bond acceptors (Lipinski definition) is 4. The summed E-state index contributed by atoms with van der Waals surface area (Å²) in [5.41, 5.74) is 10.0. The number of hydrogen-bond donors (Lipinski definition) is 0. The summed E-state index contributed by atoms with van der Waals surface area (Å²) >= 11 is 0. The predicted octanol–water partition coefficient (Wildman–Crippen LogP) is 12.7. The van der Waals surface area contributed by atoms with E-state index in [0.29, 0.717) is 23.2 Å². The first-order chi connectivity index (χ1) is 28.1. The number of ether oxygens (including phenoxy) is 1. The van der Waals surface area contributed by atoms with E-state index < -0.39 is 5.60 Å². The molecule has 1 aliphatic rings. The maximum atomic E-state index is 15.4. The number of benzene rings is 8. The smallest absolute Gasteiger partial charge is 0.185 e. The molecular weight excluding hydrogens is 702 g/mol. The Hall–Kier alpha value is -7.50. The van der Waals surface area contributed by atoms with Gasteiger partial charge in [-0.15, -0.1) is 0 Å². The van der Waals surface area contributed by atoms with E-state index in [1.807, 2.05) is 127 Å². The van der Waals surface area contributed by atoms with Crippen molar-refractivity contribution in [2.45, 2.75) is 5.60 Å². The molecule has 0 amide bonds. The van der Waals surface area contributed by atoms with Crippen LogP contribution in [0.3, 0.4) is 0 Å². The highest BCUT2D eigenvalue weighted by Crippen LogP contribution is 2.52. The Morgan fingerprint density at radius 3 is 1.35 bits per heavy atom. The van der Waals surface area contributed by atoms with Gasteiger partial charge in [-0.3, -0.25) is 0 Å². The highest BCUT2D eigenvalue weighted by molar-refractivity contribution is 5.84. The lowest BCUT2D eigenvalue weighted by Crippen LogP contribution is -2.38. The Balaban J connectivity index is 1.17. The van der Waals surface area contributed by atoms with Crippen LogP contribution in [0, 0.1) is 5.82 Å². The molecule has 5 heteroatoms. The van der Waals surface area contributed by atoms with Crippen LogP contribution in [0.5, 0.6) is 5.75 Å². The van der Waals surface area contributed by atoms with Gasteiger partial charge in [0.15, 0.2) is 23.1 Å². The fraction of sp³-hybridized carbons (Fsp3) is 0.0192. The molecule has 4 nitrogen and oxygen atoms in total. The molecule has 10 rings (SSSR count). The maximum Gasteiger partial charge on any atom is 0.185 e. The minimum absolute atomic E-state index is 0.330. The summed E-state index contributed by atoms with van der Waals surface area (Å²) in [7, 11) is 0. The zero-order valence-electron chi connectivity index (χ0n) is 30.8. The van der Waals surface area contributed by atoms with Gasteiger partial charge in [0.2, 0.25) is 0 Å². The molecule has 0 unspecified atom stereocenters. The zero-order valence-corrected chi connectivity index (χ0v) is 30.8. The Bertz CT molecular complexity index is 2770. The molecule has 1 aromatic heterocycles. The van der Waals surface area contributed by atoms with E-state index in [4.69, 9.17) is 19.7 Å². The Morgan fingerprint density at radius 2 is 0.807 bits per heavy atom.